The number of ether oxygens (including phenoxy) is 1. The summed E-state index contributed by atoms with van der Waals surface area (Å²) in [4.78, 5) is 25.0. The Labute approximate surface area is 115 Å². The lowest BCUT2D eigenvalue weighted by Crippen LogP contribution is -2.44. The molecule has 0 spiro atoms. The van der Waals surface area contributed by atoms with E-state index in [0.29, 0.717) is 13.0 Å². The van der Waals surface area contributed by atoms with Crippen molar-refractivity contribution in [1.82, 2.24) is 10.2 Å². The maximum absolute atomic E-state index is 12.0. The molecule has 108 valence electrons. The molecular formula is C12H22N2O4Si. The molecule has 1 aliphatic rings. The maximum atomic E-state index is 12.0. The summed E-state index contributed by atoms with van der Waals surface area (Å²) >= 11 is 0. The van der Waals surface area contributed by atoms with Crippen molar-refractivity contribution in [3.05, 3.63) is 0 Å². The number of nitrogens with one attached hydrogen (secondary N) is 1. The molecule has 0 aliphatic carbocycles. The molecule has 0 radical (unpaired) electrons. The number of likely N-dealkylation sites (tertiary alicyclic amines) is 1. The molecule has 1 heterocycles. The van der Waals surface area contributed by atoms with Crippen molar-refractivity contribution in [2.45, 2.75) is 32.0 Å². The van der Waals surface area contributed by atoms with Crippen LogP contribution in [0.2, 0.25) is 6.55 Å². The largest absolute Gasteiger partial charge is 0.469 e. The van der Waals surface area contributed by atoms with E-state index in [2.05, 4.69) is 10.1 Å². The predicted molar refractivity (Wildman–Crippen MR) is 71.1 cm³/mol. The smallest absolute Gasteiger partial charge is 0.310 e. The zero-order chi connectivity index (χ0) is 14.4. The Morgan fingerprint density at radius 1 is 1.63 bits per heavy atom. The fourth-order valence-electron chi connectivity index (χ4n) is 2.35. The van der Waals surface area contributed by atoms with Gasteiger partial charge in [-0.2, -0.15) is 0 Å². The fraction of sp³-hybridized carbons (Fsp3) is 0.833. The zero-order valence-corrected chi connectivity index (χ0v) is 12.8. The van der Waals surface area contributed by atoms with Crippen LogP contribution in [0.1, 0.15) is 19.8 Å². The number of hydrogen-bond acceptors (Lipinski definition) is 5. The number of hydrogen-bond donors (Lipinski definition) is 1. The number of methoxy groups -OCH3 is 1. The minimum Gasteiger partial charge on any atom is -0.469 e. The first-order valence-corrected chi connectivity index (χ1v) is 8.58. The van der Waals surface area contributed by atoms with Crippen LogP contribution in [-0.4, -0.2) is 57.9 Å². The lowest BCUT2D eigenvalue weighted by Gasteiger charge is -2.25. The van der Waals surface area contributed by atoms with Crippen LogP contribution in [0.3, 0.4) is 0 Å². The Hall–Kier alpha value is -1.08. The van der Waals surface area contributed by atoms with Gasteiger partial charge < -0.3 is 19.4 Å². The summed E-state index contributed by atoms with van der Waals surface area (Å²) in [6, 6.07) is 0. The molecule has 1 rings (SSSR count). The summed E-state index contributed by atoms with van der Waals surface area (Å²) in [6.45, 7) is 5.55. The molecule has 1 fully saturated rings. The molecule has 7 heteroatoms. The molecule has 1 amide bonds. The van der Waals surface area contributed by atoms with Crippen molar-refractivity contribution in [3.8, 4) is 0 Å². The second-order valence-corrected chi connectivity index (χ2v) is 6.63. The average Bonchev–Trinajstić information content (AvgIpc) is 2.75. The van der Waals surface area contributed by atoms with Gasteiger partial charge in [0, 0.05) is 13.0 Å². The van der Waals surface area contributed by atoms with Crippen molar-refractivity contribution in [3.63, 3.8) is 0 Å². The van der Waals surface area contributed by atoms with Crippen molar-refractivity contribution in [2.75, 3.05) is 26.7 Å². The molecule has 6 nitrogen and oxygen atoms in total. The number of esters is 1. The van der Waals surface area contributed by atoms with Gasteiger partial charge in [0.2, 0.25) is 5.91 Å². The second kappa shape index (κ2) is 7.49. The summed E-state index contributed by atoms with van der Waals surface area (Å²) in [6.07, 6.45) is 0.821. The molecule has 1 aliphatic heterocycles. The number of carbonyl (C=O) groups is 2. The van der Waals surface area contributed by atoms with E-state index in [0.717, 1.165) is 13.1 Å². The van der Waals surface area contributed by atoms with Gasteiger partial charge in [0.15, 0.2) is 0 Å². The highest BCUT2D eigenvalue weighted by atomic mass is 28.3. The Bertz CT molecular complexity index is 362. The quantitative estimate of drug-likeness (QED) is 0.404. The van der Waals surface area contributed by atoms with Crippen molar-refractivity contribution in [2.24, 2.45) is 5.92 Å². The summed E-state index contributed by atoms with van der Waals surface area (Å²) in [5.41, 5.74) is -0.258. The van der Waals surface area contributed by atoms with Crippen LogP contribution in [0, 0.1) is 5.92 Å². The molecule has 2 atom stereocenters. The molecule has 19 heavy (non-hydrogen) atoms. The monoisotopic (exact) mass is 286 g/mol. The Morgan fingerprint density at radius 3 is 2.84 bits per heavy atom. The minimum atomic E-state index is -1.86. The van der Waals surface area contributed by atoms with Gasteiger partial charge in [-0.1, -0.05) is 6.92 Å². The molecule has 0 bridgehead atoms. The number of nitrogens with zero attached hydrogens (tertiary/aromatic N) is 1. The lowest BCUT2D eigenvalue weighted by atomic mass is 10.1. The van der Waals surface area contributed by atoms with Crippen LogP contribution in [0.15, 0.2) is 0 Å². The summed E-state index contributed by atoms with van der Waals surface area (Å²) in [5, 5.41) is 3.16. The predicted octanol–water partition coefficient (Wildman–Crippen LogP) is -0.0329. The van der Waals surface area contributed by atoms with E-state index < -0.39 is 14.6 Å². The molecule has 0 aromatic heterocycles. The first-order chi connectivity index (χ1) is 9.01. The molecule has 2 unspecified atom stereocenters. The second-order valence-electron chi connectivity index (χ2n) is 4.74. The van der Waals surface area contributed by atoms with E-state index in [4.69, 9.17) is 0 Å². The third kappa shape index (κ3) is 4.21. The SMILES string of the molecule is CCNCCC(N1CC(C(=O)OC)CC1=O)[Si](C)=O. The molecular weight excluding hydrogens is 264 g/mol. The zero-order valence-electron chi connectivity index (χ0n) is 11.8. The van der Waals surface area contributed by atoms with E-state index in [1.54, 1.807) is 11.4 Å². The van der Waals surface area contributed by atoms with Crippen LogP contribution in [0.5, 0.6) is 0 Å². The van der Waals surface area contributed by atoms with Crippen LogP contribution >= 0.6 is 0 Å². The van der Waals surface area contributed by atoms with E-state index in [9.17, 15) is 14.1 Å². The fourth-order valence-corrected chi connectivity index (χ4v) is 3.59. The normalized spacial score (nSPS) is 20.5. The first-order valence-electron chi connectivity index (χ1n) is 6.59. The molecule has 1 N–H and O–H groups in total. The summed E-state index contributed by atoms with van der Waals surface area (Å²) in [5.74, 6) is -0.880. The molecule has 0 saturated carbocycles. The van der Waals surface area contributed by atoms with Gasteiger partial charge in [-0.15, -0.1) is 0 Å². The molecule has 0 aromatic carbocycles. The van der Waals surface area contributed by atoms with Crippen LogP contribution in [0.4, 0.5) is 0 Å². The number of amides is 1. The maximum Gasteiger partial charge on any atom is 0.310 e. The van der Waals surface area contributed by atoms with Gasteiger partial charge >= 0.3 is 5.97 Å². The van der Waals surface area contributed by atoms with Crippen molar-refractivity contribution in [1.29, 1.82) is 0 Å². The number of rotatable bonds is 7. The van der Waals surface area contributed by atoms with Crippen LogP contribution < -0.4 is 5.32 Å². The Balaban J connectivity index is 2.66. The summed E-state index contributed by atoms with van der Waals surface area (Å²) in [7, 11) is -0.541. The van der Waals surface area contributed by atoms with Crippen LogP contribution in [0.25, 0.3) is 0 Å². The van der Waals surface area contributed by atoms with Gasteiger partial charge in [-0.05, 0) is 26.1 Å². The van der Waals surface area contributed by atoms with Crippen molar-refractivity contribution >= 4 is 20.6 Å². The first kappa shape index (κ1) is 16.0. The van der Waals surface area contributed by atoms with Gasteiger partial charge in [-0.25, -0.2) is 0 Å². The molecule has 1 saturated heterocycles. The van der Waals surface area contributed by atoms with E-state index in [1.165, 1.54) is 7.11 Å². The molecule has 0 aromatic rings. The van der Waals surface area contributed by atoms with Gasteiger partial charge in [0.25, 0.3) is 8.68 Å². The van der Waals surface area contributed by atoms with Crippen LogP contribution in [-0.2, 0) is 18.8 Å². The summed E-state index contributed by atoms with van der Waals surface area (Å²) < 4.78 is 16.5. The topological polar surface area (TPSA) is 75.7 Å². The Morgan fingerprint density at radius 2 is 2.32 bits per heavy atom. The van der Waals surface area contributed by atoms with Gasteiger partial charge in [-0.3, -0.25) is 9.59 Å². The van der Waals surface area contributed by atoms with E-state index in [1.807, 2.05) is 6.92 Å². The average molecular weight is 286 g/mol. The van der Waals surface area contributed by atoms with Gasteiger partial charge in [0.05, 0.1) is 18.7 Å². The highest BCUT2D eigenvalue weighted by Crippen LogP contribution is 2.22. The minimum absolute atomic E-state index is 0.0999. The lowest BCUT2D eigenvalue weighted by molar-refractivity contribution is -0.145. The Kier molecular flexibility index (Phi) is 6.30. The van der Waals surface area contributed by atoms with E-state index in [-0.39, 0.29) is 24.0 Å². The van der Waals surface area contributed by atoms with Gasteiger partial charge in [0.1, 0.15) is 0 Å². The standard InChI is InChI=1S/C12H22N2O4Si/c1-4-13-6-5-11(19(3)17)14-8-9(7-10(14)15)12(16)18-2/h9,11,13H,4-8H2,1-3H3. The highest BCUT2D eigenvalue weighted by molar-refractivity contribution is 6.43. The number of carbonyl (C=O) groups excluding carboxylic acids is 2. The van der Waals surface area contributed by atoms with Crippen molar-refractivity contribution < 1.29 is 18.8 Å². The third-order valence-corrected chi connectivity index (χ3v) is 4.92. The highest BCUT2D eigenvalue weighted by Gasteiger charge is 2.40. The third-order valence-electron chi connectivity index (χ3n) is 3.38. The van der Waals surface area contributed by atoms with E-state index >= 15 is 0 Å².